The first-order valence-corrected chi connectivity index (χ1v) is 8.81. The molecule has 1 N–H and O–H groups in total. The molecule has 2 rings (SSSR count). The first-order chi connectivity index (χ1) is 10.5. The number of carbonyl (C=O) groups is 1. The smallest absolute Gasteiger partial charge is 0.232 e. The molecular weight excluding hydrogens is 318 g/mol. The summed E-state index contributed by atoms with van der Waals surface area (Å²) in [5, 5.41) is 3.40. The first-order valence-electron chi connectivity index (χ1n) is 6.94. The molecule has 0 saturated carbocycles. The molecule has 1 unspecified atom stereocenters. The van der Waals surface area contributed by atoms with E-state index in [-0.39, 0.29) is 11.7 Å². The third-order valence-electron chi connectivity index (χ3n) is 3.08. The molecular formula is C17H18ClNO2S. The highest BCUT2D eigenvalue weighted by Crippen LogP contribution is 2.10. The van der Waals surface area contributed by atoms with Gasteiger partial charge in [-0.1, -0.05) is 53.6 Å². The maximum absolute atomic E-state index is 12.0. The first kappa shape index (κ1) is 16.7. The molecule has 22 heavy (non-hydrogen) atoms. The second-order valence-electron chi connectivity index (χ2n) is 5.12. The van der Waals surface area contributed by atoms with Crippen molar-refractivity contribution in [3.63, 3.8) is 0 Å². The summed E-state index contributed by atoms with van der Waals surface area (Å²) in [5.74, 6) is 0.187. The number of benzene rings is 2. The fourth-order valence-electron chi connectivity index (χ4n) is 2.08. The van der Waals surface area contributed by atoms with Gasteiger partial charge < -0.3 is 5.32 Å². The summed E-state index contributed by atoms with van der Waals surface area (Å²) < 4.78 is 12.0. The van der Waals surface area contributed by atoms with Crippen molar-refractivity contribution in [3.8, 4) is 0 Å². The molecule has 0 aliphatic carbocycles. The van der Waals surface area contributed by atoms with Gasteiger partial charge in [0.25, 0.3) is 0 Å². The number of aryl methyl sites for hydroxylation is 1. The minimum Gasteiger partial charge on any atom is -0.351 e. The Hall–Kier alpha value is -1.65. The summed E-state index contributed by atoms with van der Waals surface area (Å²) in [6, 6.07) is 15.1. The monoisotopic (exact) mass is 335 g/mol. The molecule has 2 aromatic carbocycles. The largest absolute Gasteiger partial charge is 0.351 e. The second kappa shape index (κ2) is 8.11. The minimum atomic E-state index is -1.21. The molecule has 0 fully saturated rings. The van der Waals surface area contributed by atoms with E-state index < -0.39 is 10.8 Å². The number of rotatable bonds is 6. The summed E-state index contributed by atoms with van der Waals surface area (Å²) >= 11 is 5.89. The fourth-order valence-corrected chi connectivity index (χ4v) is 3.34. The molecule has 2 aromatic rings. The van der Waals surface area contributed by atoms with Crippen molar-refractivity contribution in [2.24, 2.45) is 0 Å². The molecule has 1 atom stereocenters. The quantitative estimate of drug-likeness (QED) is 0.881. The molecule has 0 saturated heterocycles. The number of nitrogens with one attached hydrogen (secondary N) is 1. The van der Waals surface area contributed by atoms with Crippen molar-refractivity contribution >= 4 is 28.3 Å². The van der Waals surface area contributed by atoms with Gasteiger partial charge in [0.05, 0.1) is 0 Å². The maximum Gasteiger partial charge on any atom is 0.232 e. The van der Waals surface area contributed by atoms with Crippen molar-refractivity contribution in [2.45, 2.75) is 19.2 Å². The van der Waals surface area contributed by atoms with Gasteiger partial charge in [0.2, 0.25) is 5.91 Å². The van der Waals surface area contributed by atoms with Crippen LogP contribution in [0.5, 0.6) is 0 Å². The van der Waals surface area contributed by atoms with Crippen LogP contribution in [0.15, 0.2) is 48.5 Å². The topological polar surface area (TPSA) is 46.2 Å². The molecule has 0 bridgehead atoms. The van der Waals surface area contributed by atoms with Crippen LogP contribution in [0.2, 0.25) is 5.02 Å². The Balaban J connectivity index is 1.80. The molecule has 0 aliphatic rings. The SMILES string of the molecule is Cc1cccc(CS(=O)CC(=O)NCc2cccc(Cl)c2)c1. The summed E-state index contributed by atoms with van der Waals surface area (Å²) in [7, 11) is -1.21. The molecule has 116 valence electrons. The van der Waals surface area contributed by atoms with Crippen LogP contribution in [0, 0.1) is 6.92 Å². The highest BCUT2D eigenvalue weighted by atomic mass is 35.5. The van der Waals surface area contributed by atoms with E-state index >= 15 is 0 Å². The van der Waals surface area contributed by atoms with Crippen LogP contribution in [0.25, 0.3) is 0 Å². The maximum atomic E-state index is 12.0. The molecule has 0 spiro atoms. The summed E-state index contributed by atoms with van der Waals surface area (Å²) in [4.78, 5) is 11.8. The van der Waals surface area contributed by atoms with Crippen LogP contribution in [0.3, 0.4) is 0 Å². The van der Waals surface area contributed by atoms with Crippen molar-refractivity contribution in [1.82, 2.24) is 5.32 Å². The highest BCUT2D eigenvalue weighted by Gasteiger charge is 2.09. The standard InChI is InChI=1S/C17H18ClNO2S/c1-13-4-2-6-15(8-13)11-22(21)12-17(20)19-10-14-5-3-7-16(18)9-14/h2-9H,10-12H2,1H3,(H,19,20). The average Bonchev–Trinajstić information content (AvgIpc) is 2.45. The number of hydrogen-bond acceptors (Lipinski definition) is 2. The van der Waals surface area contributed by atoms with E-state index in [1.807, 2.05) is 43.3 Å². The van der Waals surface area contributed by atoms with Gasteiger partial charge in [-0.05, 0) is 30.2 Å². The van der Waals surface area contributed by atoms with E-state index in [4.69, 9.17) is 11.6 Å². The molecule has 3 nitrogen and oxygen atoms in total. The van der Waals surface area contributed by atoms with E-state index in [2.05, 4.69) is 5.32 Å². The van der Waals surface area contributed by atoms with Crippen LogP contribution in [0.1, 0.15) is 16.7 Å². The van der Waals surface area contributed by atoms with Gasteiger partial charge in [-0.15, -0.1) is 0 Å². The zero-order valence-corrected chi connectivity index (χ0v) is 13.9. The van der Waals surface area contributed by atoms with Crippen LogP contribution >= 0.6 is 11.6 Å². The van der Waals surface area contributed by atoms with Gasteiger partial charge in [0.1, 0.15) is 5.75 Å². The summed E-state index contributed by atoms with van der Waals surface area (Å²) in [6.07, 6.45) is 0. The lowest BCUT2D eigenvalue weighted by atomic mass is 10.2. The number of carbonyl (C=O) groups excluding carboxylic acids is 1. The van der Waals surface area contributed by atoms with Crippen LogP contribution in [-0.4, -0.2) is 15.9 Å². The second-order valence-corrected chi connectivity index (χ2v) is 7.02. The minimum absolute atomic E-state index is 0.00844. The van der Waals surface area contributed by atoms with Crippen LogP contribution in [0.4, 0.5) is 0 Å². The zero-order chi connectivity index (χ0) is 15.9. The Morgan fingerprint density at radius 2 is 1.86 bits per heavy atom. The Labute approximate surface area is 138 Å². The average molecular weight is 336 g/mol. The van der Waals surface area contributed by atoms with Gasteiger partial charge in [-0.3, -0.25) is 9.00 Å². The Morgan fingerprint density at radius 1 is 1.14 bits per heavy atom. The van der Waals surface area contributed by atoms with Gasteiger partial charge >= 0.3 is 0 Å². The number of hydrogen-bond donors (Lipinski definition) is 1. The predicted molar refractivity (Wildman–Crippen MR) is 91.2 cm³/mol. The number of halogens is 1. The van der Waals surface area contributed by atoms with Crippen molar-refractivity contribution in [1.29, 1.82) is 0 Å². The lowest BCUT2D eigenvalue weighted by molar-refractivity contribution is -0.118. The Kier molecular flexibility index (Phi) is 6.16. The molecule has 0 aliphatic heterocycles. The predicted octanol–water partition coefficient (Wildman–Crippen LogP) is 3.21. The molecule has 0 heterocycles. The molecule has 0 radical (unpaired) electrons. The Morgan fingerprint density at radius 3 is 2.59 bits per heavy atom. The fraction of sp³-hybridized carbons (Fsp3) is 0.235. The van der Waals surface area contributed by atoms with Gasteiger partial charge in [0.15, 0.2) is 0 Å². The van der Waals surface area contributed by atoms with E-state index in [0.717, 1.165) is 16.7 Å². The van der Waals surface area contributed by atoms with Crippen molar-refractivity contribution < 1.29 is 9.00 Å². The summed E-state index contributed by atoms with van der Waals surface area (Å²) in [5.41, 5.74) is 3.03. The van der Waals surface area contributed by atoms with Crippen LogP contribution in [-0.2, 0) is 27.9 Å². The van der Waals surface area contributed by atoms with Gasteiger partial charge in [0, 0.05) is 28.1 Å². The number of amides is 1. The van der Waals surface area contributed by atoms with Crippen molar-refractivity contribution in [2.75, 3.05) is 5.75 Å². The highest BCUT2D eigenvalue weighted by molar-refractivity contribution is 7.84. The third kappa shape index (κ3) is 5.62. The lowest BCUT2D eigenvalue weighted by Crippen LogP contribution is -2.28. The summed E-state index contributed by atoms with van der Waals surface area (Å²) in [6.45, 7) is 2.38. The van der Waals surface area contributed by atoms with E-state index in [0.29, 0.717) is 17.3 Å². The zero-order valence-electron chi connectivity index (χ0n) is 12.3. The molecule has 0 aromatic heterocycles. The van der Waals surface area contributed by atoms with Crippen LogP contribution < -0.4 is 5.32 Å². The van der Waals surface area contributed by atoms with Crippen molar-refractivity contribution in [3.05, 3.63) is 70.2 Å². The van der Waals surface area contributed by atoms with E-state index in [1.165, 1.54) is 0 Å². The van der Waals surface area contributed by atoms with Gasteiger partial charge in [-0.25, -0.2) is 0 Å². The van der Waals surface area contributed by atoms with E-state index in [9.17, 15) is 9.00 Å². The lowest BCUT2D eigenvalue weighted by Gasteiger charge is -2.06. The Bertz CT molecular complexity index is 688. The third-order valence-corrected chi connectivity index (χ3v) is 4.56. The van der Waals surface area contributed by atoms with E-state index in [1.54, 1.807) is 12.1 Å². The normalized spacial score (nSPS) is 11.9. The molecule has 5 heteroatoms. The molecule has 1 amide bonds. The van der Waals surface area contributed by atoms with Gasteiger partial charge in [-0.2, -0.15) is 0 Å².